The summed E-state index contributed by atoms with van der Waals surface area (Å²) in [4.78, 5) is 14.8. The van der Waals surface area contributed by atoms with Gasteiger partial charge in [-0.2, -0.15) is 0 Å². The number of pyridine rings is 1. The molecule has 0 N–H and O–H groups in total. The van der Waals surface area contributed by atoms with Crippen LogP contribution in [0.1, 0.15) is 0 Å². The van der Waals surface area contributed by atoms with E-state index in [1.165, 1.54) is 43.8 Å². The largest absolute Gasteiger partial charge is 0.314 e. The fourth-order valence-corrected chi connectivity index (χ4v) is 7.33. The summed E-state index contributed by atoms with van der Waals surface area (Å²) in [5.41, 5.74) is 11.0. The van der Waals surface area contributed by atoms with Crippen molar-refractivity contribution in [3.63, 3.8) is 0 Å². The number of rotatable bonds is 5. The summed E-state index contributed by atoms with van der Waals surface area (Å²) in [7, 11) is 0. The second kappa shape index (κ2) is 11.4. The van der Waals surface area contributed by atoms with E-state index in [-0.39, 0.29) is 0 Å². The zero-order chi connectivity index (χ0) is 33.0. The van der Waals surface area contributed by atoms with Crippen molar-refractivity contribution in [3.8, 4) is 51.0 Å². The Morgan fingerprint density at radius 2 is 0.820 bits per heavy atom. The minimum absolute atomic E-state index is 0.637. The van der Waals surface area contributed by atoms with E-state index in [9.17, 15) is 0 Å². The van der Waals surface area contributed by atoms with Gasteiger partial charge in [-0.1, -0.05) is 127 Å². The molecule has 10 rings (SSSR count). The summed E-state index contributed by atoms with van der Waals surface area (Å²) in [6.45, 7) is 0. The molecule has 0 radical (unpaired) electrons. The maximum absolute atomic E-state index is 4.97. The van der Waals surface area contributed by atoms with Gasteiger partial charge >= 0.3 is 0 Å². The van der Waals surface area contributed by atoms with Gasteiger partial charge < -0.3 is 8.97 Å². The molecule has 0 unspecified atom stereocenters. The molecule has 0 spiro atoms. The van der Waals surface area contributed by atoms with Crippen LogP contribution in [0.15, 0.2) is 176 Å². The number of nitrogens with zero attached hydrogens (tertiary/aromatic N) is 5. The maximum atomic E-state index is 4.97. The highest BCUT2D eigenvalue weighted by Crippen LogP contribution is 2.42. The SMILES string of the molecule is c1ccc(-c2nc(-c3ccccc3)nc(-c3ccc(-n4c5ccccc5c5ccn6c7ccccc7c(-c7ccccc7)c6c54)cc3)n2)cc1. The Morgan fingerprint density at radius 1 is 0.340 bits per heavy atom. The molecule has 5 nitrogen and oxygen atoms in total. The second-order valence-electron chi connectivity index (χ2n) is 12.5. The molecule has 0 fully saturated rings. The minimum Gasteiger partial charge on any atom is -0.314 e. The summed E-state index contributed by atoms with van der Waals surface area (Å²) in [6, 6.07) is 59.2. The molecule has 50 heavy (non-hydrogen) atoms. The highest BCUT2D eigenvalue weighted by Gasteiger charge is 2.22. The Kier molecular flexibility index (Phi) is 6.42. The molecule has 0 aliphatic heterocycles. The van der Waals surface area contributed by atoms with E-state index in [1.54, 1.807) is 0 Å². The highest BCUT2D eigenvalue weighted by atomic mass is 15.0. The van der Waals surface area contributed by atoms with E-state index in [0.29, 0.717) is 17.5 Å². The van der Waals surface area contributed by atoms with Gasteiger partial charge in [-0.15, -0.1) is 0 Å². The van der Waals surface area contributed by atoms with Gasteiger partial charge in [0, 0.05) is 50.3 Å². The smallest absolute Gasteiger partial charge is 0.164 e. The van der Waals surface area contributed by atoms with Crippen molar-refractivity contribution in [1.82, 2.24) is 23.9 Å². The third-order valence-corrected chi connectivity index (χ3v) is 9.58. The second-order valence-corrected chi connectivity index (χ2v) is 12.5. The van der Waals surface area contributed by atoms with Crippen molar-refractivity contribution in [1.29, 1.82) is 0 Å². The van der Waals surface area contributed by atoms with Crippen LogP contribution in [0.2, 0.25) is 0 Å². The lowest BCUT2D eigenvalue weighted by Gasteiger charge is -2.12. The van der Waals surface area contributed by atoms with Gasteiger partial charge in [0.25, 0.3) is 0 Å². The van der Waals surface area contributed by atoms with Crippen molar-refractivity contribution in [2.45, 2.75) is 0 Å². The van der Waals surface area contributed by atoms with Crippen LogP contribution in [-0.4, -0.2) is 23.9 Å². The standard InChI is InChI=1S/C45H29N5/c1-4-14-30(15-5-1)40-37-21-11-12-22-38(37)49-29-28-36-35-20-10-13-23-39(35)50(41(36)42(40)49)34-26-24-33(25-27-34)45-47-43(31-16-6-2-7-17-31)46-44(48-45)32-18-8-3-9-19-32/h1-29H. The first-order valence-corrected chi connectivity index (χ1v) is 16.8. The fourth-order valence-electron chi connectivity index (χ4n) is 7.33. The number of benzene rings is 6. The summed E-state index contributed by atoms with van der Waals surface area (Å²) >= 11 is 0. The van der Waals surface area contributed by atoms with Crippen molar-refractivity contribution >= 4 is 38.2 Å². The topological polar surface area (TPSA) is 48.0 Å². The zero-order valence-corrected chi connectivity index (χ0v) is 27.0. The van der Waals surface area contributed by atoms with Crippen molar-refractivity contribution in [3.05, 3.63) is 176 Å². The van der Waals surface area contributed by atoms with Crippen molar-refractivity contribution < 1.29 is 0 Å². The molecule has 6 aromatic carbocycles. The molecule has 10 aromatic rings. The lowest BCUT2D eigenvalue weighted by molar-refractivity contribution is 1.07. The molecule has 0 saturated heterocycles. The van der Waals surface area contributed by atoms with Crippen molar-refractivity contribution in [2.24, 2.45) is 0 Å². The Hall–Kier alpha value is -6.85. The quantitative estimate of drug-likeness (QED) is 0.188. The summed E-state index contributed by atoms with van der Waals surface area (Å²) in [6.07, 6.45) is 2.22. The lowest BCUT2D eigenvalue weighted by Crippen LogP contribution is -2.00. The first-order chi connectivity index (χ1) is 24.8. The van der Waals surface area contributed by atoms with Crippen molar-refractivity contribution in [2.75, 3.05) is 0 Å². The predicted molar refractivity (Wildman–Crippen MR) is 204 cm³/mol. The van der Waals surface area contributed by atoms with E-state index in [2.05, 4.69) is 124 Å². The number of aromatic nitrogens is 5. The normalized spacial score (nSPS) is 11.6. The molecular formula is C45H29N5. The van der Waals surface area contributed by atoms with Gasteiger partial charge in [0.2, 0.25) is 0 Å². The van der Waals surface area contributed by atoms with E-state index in [4.69, 9.17) is 15.0 Å². The summed E-state index contributed by atoms with van der Waals surface area (Å²) < 4.78 is 4.76. The van der Waals surface area contributed by atoms with Gasteiger partial charge in [-0.05, 0) is 48.0 Å². The molecule has 0 aliphatic carbocycles. The van der Waals surface area contributed by atoms with Crippen LogP contribution >= 0.6 is 0 Å². The van der Waals surface area contributed by atoms with Gasteiger partial charge in [0.1, 0.15) is 0 Å². The molecule has 0 atom stereocenters. The van der Waals surface area contributed by atoms with Crippen LogP contribution in [0.25, 0.3) is 89.2 Å². The van der Waals surface area contributed by atoms with Crippen LogP contribution < -0.4 is 0 Å². The van der Waals surface area contributed by atoms with Crippen LogP contribution in [0, 0.1) is 0 Å². The summed E-state index contributed by atoms with van der Waals surface area (Å²) in [5.74, 6) is 1.94. The van der Waals surface area contributed by atoms with Crippen LogP contribution in [-0.2, 0) is 0 Å². The van der Waals surface area contributed by atoms with Crippen LogP contribution in [0.3, 0.4) is 0 Å². The minimum atomic E-state index is 0.637. The number of para-hydroxylation sites is 2. The zero-order valence-electron chi connectivity index (χ0n) is 27.0. The fraction of sp³-hybridized carbons (Fsp3) is 0. The third-order valence-electron chi connectivity index (χ3n) is 9.58. The Labute approximate surface area is 288 Å². The molecule has 234 valence electrons. The summed E-state index contributed by atoms with van der Waals surface area (Å²) in [5, 5.41) is 3.67. The van der Waals surface area contributed by atoms with E-state index >= 15 is 0 Å². The van der Waals surface area contributed by atoms with E-state index in [0.717, 1.165) is 27.9 Å². The first-order valence-electron chi connectivity index (χ1n) is 16.8. The Balaban J connectivity index is 1.21. The Morgan fingerprint density at radius 3 is 1.42 bits per heavy atom. The lowest BCUT2D eigenvalue weighted by atomic mass is 10.0. The molecule has 0 bridgehead atoms. The predicted octanol–water partition coefficient (Wildman–Crippen LogP) is 11.0. The molecule has 5 heteroatoms. The van der Waals surface area contributed by atoms with Gasteiger partial charge in [-0.3, -0.25) is 0 Å². The molecular weight excluding hydrogens is 611 g/mol. The molecule has 4 aromatic heterocycles. The molecule has 4 heterocycles. The maximum Gasteiger partial charge on any atom is 0.164 e. The van der Waals surface area contributed by atoms with Gasteiger partial charge in [0.15, 0.2) is 17.5 Å². The monoisotopic (exact) mass is 639 g/mol. The highest BCUT2D eigenvalue weighted by molar-refractivity contribution is 6.20. The average molecular weight is 640 g/mol. The number of hydrogen-bond donors (Lipinski definition) is 0. The Bertz CT molecular complexity index is 2780. The van der Waals surface area contributed by atoms with E-state index < -0.39 is 0 Å². The van der Waals surface area contributed by atoms with Gasteiger partial charge in [0.05, 0.1) is 22.1 Å². The number of hydrogen-bond acceptors (Lipinski definition) is 3. The number of fused-ring (bicyclic) bond motifs is 7. The molecule has 0 saturated carbocycles. The van der Waals surface area contributed by atoms with Crippen LogP contribution in [0.5, 0.6) is 0 Å². The van der Waals surface area contributed by atoms with Crippen LogP contribution in [0.4, 0.5) is 0 Å². The molecule has 0 amide bonds. The van der Waals surface area contributed by atoms with Gasteiger partial charge in [-0.25, -0.2) is 15.0 Å². The van der Waals surface area contributed by atoms with E-state index in [1.807, 2.05) is 60.7 Å². The molecule has 0 aliphatic rings. The average Bonchev–Trinajstić information content (AvgIpc) is 3.72. The third kappa shape index (κ3) is 4.45. The first kappa shape index (κ1) is 28.2.